The number of nitrogen functional groups attached to an aromatic ring is 1. The summed E-state index contributed by atoms with van der Waals surface area (Å²) in [5.74, 6) is 0.596. The van der Waals surface area contributed by atoms with Crippen LogP contribution in [0.5, 0.6) is 11.5 Å². The number of ether oxygens (including phenoxy) is 2. The van der Waals surface area contributed by atoms with Crippen molar-refractivity contribution in [2.24, 2.45) is 7.05 Å². The molecule has 1 aliphatic heterocycles. The zero-order chi connectivity index (χ0) is 12.0. The molecule has 0 saturated carbocycles. The first kappa shape index (κ1) is 9.95. The second-order valence-corrected chi connectivity index (χ2v) is 3.77. The molecule has 3 rings (SSSR count). The van der Waals surface area contributed by atoms with Crippen molar-refractivity contribution in [2.45, 2.75) is 0 Å². The third-order valence-corrected chi connectivity index (χ3v) is 2.64. The van der Waals surface area contributed by atoms with Gasteiger partial charge >= 0.3 is 0 Å². The average molecular weight is 235 g/mol. The second kappa shape index (κ2) is 3.38. The number of hydrogen-bond donors (Lipinski definition) is 1. The number of halogens is 1. The molecule has 0 atom stereocenters. The number of nitrogens with zero attached hydrogens (tertiary/aromatic N) is 2. The van der Waals surface area contributed by atoms with Gasteiger partial charge in [0.05, 0.1) is 5.69 Å². The van der Waals surface area contributed by atoms with E-state index >= 15 is 0 Å². The summed E-state index contributed by atoms with van der Waals surface area (Å²) in [5, 5.41) is 4.18. The van der Waals surface area contributed by atoms with Crippen molar-refractivity contribution in [2.75, 3.05) is 12.5 Å². The molecule has 0 aliphatic carbocycles. The molecule has 1 aliphatic rings. The molecule has 6 heteroatoms. The third-order valence-electron chi connectivity index (χ3n) is 2.64. The number of benzene rings is 1. The number of hydrogen-bond acceptors (Lipinski definition) is 4. The number of aryl methyl sites for hydroxylation is 1. The van der Waals surface area contributed by atoms with E-state index in [2.05, 4.69) is 5.10 Å². The van der Waals surface area contributed by atoms with Crippen molar-refractivity contribution >= 4 is 5.82 Å². The molecular formula is C11H10FN3O2. The van der Waals surface area contributed by atoms with Crippen molar-refractivity contribution in [3.8, 4) is 22.8 Å². The summed E-state index contributed by atoms with van der Waals surface area (Å²) in [4.78, 5) is 0. The highest BCUT2D eigenvalue weighted by molar-refractivity contribution is 5.66. The van der Waals surface area contributed by atoms with E-state index in [1.807, 2.05) is 0 Å². The summed E-state index contributed by atoms with van der Waals surface area (Å²) in [5.41, 5.74) is 6.89. The minimum absolute atomic E-state index is 0.0417. The monoisotopic (exact) mass is 235 g/mol. The highest BCUT2D eigenvalue weighted by Crippen LogP contribution is 2.38. The first-order chi connectivity index (χ1) is 8.15. The molecule has 2 heterocycles. The molecule has 0 saturated heterocycles. The SMILES string of the molecule is Cn1nc(-c2cc(F)c3c(c2)OCO3)cc1N. The van der Waals surface area contributed by atoms with Gasteiger partial charge in [-0.25, -0.2) is 4.39 Å². The number of rotatable bonds is 1. The minimum atomic E-state index is -0.459. The fraction of sp³-hybridized carbons (Fsp3) is 0.182. The Labute approximate surface area is 96.6 Å². The van der Waals surface area contributed by atoms with Gasteiger partial charge in [0, 0.05) is 18.7 Å². The maximum absolute atomic E-state index is 13.7. The van der Waals surface area contributed by atoms with Gasteiger partial charge < -0.3 is 15.2 Å². The maximum Gasteiger partial charge on any atom is 0.231 e. The fourth-order valence-corrected chi connectivity index (χ4v) is 1.74. The Morgan fingerprint density at radius 1 is 1.35 bits per heavy atom. The predicted molar refractivity (Wildman–Crippen MR) is 59.1 cm³/mol. The molecule has 5 nitrogen and oxygen atoms in total. The third kappa shape index (κ3) is 1.49. The van der Waals surface area contributed by atoms with E-state index in [4.69, 9.17) is 15.2 Å². The predicted octanol–water partition coefficient (Wildman–Crippen LogP) is 1.54. The van der Waals surface area contributed by atoms with Crippen LogP contribution in [0.3, 0.4) is 0 Å². The Hall–Kier alpha value is -2.24. The van der Waals surface area contributed by atoms with Crippen LogP contribution in [0.4, 0.5) is 10.2 Å². The molecule has 0 bridgehead atoms. The molecule has 2 N–H and O–H groups in total. The minimum Gasteiger partial charge on any atom is -0.453 e. The van der Waals surface area contributed by atoms with E-state index in [0.717, 1.165) is 0 Å². The lowest BCUT2D eigenvalue weighted by molar-refractivity contribution is 0.171. The van der Waals surface area contributed by atoms with Crippen LogP contribution < -0.4 is 15.2 Å². The lowest BCUT2D eigenvalue weighted by Gasteiger charge is -2.01. The van der Waals surface area contributed by atoms with Gasteiger partial charge in [-0.05, 0) is 12.1 Å². The Kier molecular flexibility index (Phi) is 1.98. The number of aromatic nitrogens is 2. The maximum atomic E-state index is 13.7. The van der Waals surface area contributed by atoms with Gasteiger partial charge in [0.25, 0.3) is 0 Å². The molecule has 0 spiro atoms. The van der Waals surface area contributed by atoms with Crippen LogP contribution >= 0.6 is 0 Å². The van der Waals surface area contributed by atoms with Crippen LogP contribution in [0.15, 0.2) is 18.2 Å². The zero-order valence-corrected chi connectivity index (χ0v) is 9.11. The molecule has 0 unspecified atom stereocenters. The molecule has 0 radical (unpaired) electrons. The van der Waals surface area contributed by atoms with Gasteiger partial charge in [-0.2, -0.15) is 5.10 Å². The summed E-state index contributed by atoms with van der Waals surface area (Å²) in [7, 11) is 1.72. The highest BCUT2D eigenvalue weighted by Gasteiger charge is 2.20. The topological polar surface area (TPSA) is 62.3 Å². The van der Waals surface area contributed by atoms with Gasteiger partial charge in [0.2, 0.25) is 12.5 Å². The number of anilines is 1. The molecule has 1 aromatic heterocycles. The van der Waals surface area contributed by atoms with E-state index in [0.29, 0.717) is 22.8 Å². The standard InChI is InChI=1S/C11H10FN3O2/c1-15-10(13)4-8(14-15)6-2-7(12)11-9(3-6)16-5-17-11/h2-4H,5,13H2,1H3. The normalized spacial score (nSPS) is 13.1. The van der Waals surface area contributed by atoms with Crippen LogP contribution in [0.1, 0.15) is 0 Å². The summed E-state index contributed by atoms with van der Waals surface area (Å²) < 4.78 is 25.4. The first-order valence-electron chi connectivity index (χ1n) is 5.04. The molecule has 0 amide bonds. The van der Waals surface area contributed by atoms with E-state index in [9.17, 15) is 4.39 Å². The largest absolute Gasteiger partial charge is 0.453 e. The van der Waals surface area contributed by atoms with Crippen molar-refractivity contribution in [1.29, 1.82) is 0 Å². The van der Waals surface area contributed by atoms with E-state index in [-0.39, 0.29) is 12.5 Å². The first-order valence-corrected chi connectivity index (χ1v) is 5.04. The summed E-state index contributed by atoms with van der Waals surface area (Å²) >= 11 is 0. The lowest BCUT2D eigenvalue weighted by Crippen LogP contribution is -1.96. The summed E-state index contributed by atoms with van der Waals surface area (Å²) in [6.07, 6.45) is 0. The Morgan fingerprint density at radius 2 is 2.18 bits per heavy atom. The van der Waals surface area contributed by atoms with E-state index in [1.165, 1.54) is 10.7 Å². The van der Waals surface area contributed by atoms with E-state index in [1.54, 1.807) is 19.2 Å². The van der Waals surface area contributed by atoms with E-state index < -0.39 is 5.82 Å². The fourth-order valence-electron chi connectivity index (χ4n) is 1.74. The summed E-state index contributed by atoms with van der Waals surface area (Å²) in [6, 6.07) is 4.72. The van der Waals surface area contributed by atoms with Crippen molar-refractivity contribution in [1.82, 2.24) is 9.78 Å². The van der Waals surface area contributed by atoms with Crippen molar-refractivity contribution in [3.05, 3.63) is 24.0 Å². The molecule has 0 fully saturated rings. The molecule has 2 aromatic rings. The van der Waals surface area contributed by atoms with Gasteiger partial charge in [-0.1, -0.05) is 0 Å². The van der Waals surface area contributed by atoms with Crippen molar-refractivity contribution < 1.29 is 13.9 Å². The van der Waals surface area contributed by atoms with Crippen LogP contribution in [-0.2, 0) is 7.05 Å². The molecule has 88 valence electrons. The number of nitrogens with two attached hydrogens (primary N) is 1. The van der Waals surface area contributed by atoms with Crippen LogP contribution in [-0.4, -0.2) is 16.6 Å². The van der Waals surface area contributed by atoms with Crippen LogP contribution in [0.25, 0.3) is 11.3 Å². The Balaban J connectivity index is 2.13. The van der Waals surface area contributed by atoms with Gasteiger partial charge in [0.15, 0.2) is 11.6 Å². The van der Waals surface area contributed by atoms with Gasteiger partial charge in [-0.3, -0.25) is 4.68 Å². The summed E-state index contributed by atoms with van der Waals surface area (Å²) in [6.45, 7) is 0.0417. The van der Waals surface area contributed by atoms with Crippen LogP contribution in [0.2, 0.25) is 0 Å². The molecule has 1 aromatic carbocycles. The highest BCUT2D eigenvalue weighted by atomic mass is 19.1. The Morgan fingerprint density at radius 3 is 2.88 bits per heavy atom. The molecular weight excluding hydrogens is 225 g/mol. The second-order valence-electron chi connectivity index (χ2n) is 3.77. The van der Waals surface area contributed by atoms with Crippen molar-refractivity contribution in [3.63, 3.8) is 0 Å². The lowest BCUT2D eigenvalue weighted by atomic mass is 10.1. The van der Waals surface area contributed by atoms with Gasteiger partial charge in [-0.15, -0.1) is 0 Å². The molecule has 17 heavy (non-hydrogen) atoms. The van der Waals surface area contributed by atoms with Gasteiger partial charge in [0.1, 0.15) is 5.82 Å². The quantitative estimate of drug-likeness (QED) is 0.814. The number of fused-ring (bicyclic) bond motifs is 1. The Bertz CT molecular complexity index is 575. The van der Waals surface area contributed by atoms with Crippen LogP contribution in [0, 0.1) is 5.82 Å². The smallest absolute Gasteiger partial charge is 0.231 e. The average Bonchev–Trinajstić information content (AvgIpc) is 2.87. The zero-order valence-electron chi connectivity index (χ0n) is 9.11.